The number of allylic oxidation sites excluding steroid dienone is 2. The van der Waals surface area contributed by atoms with E-state index in [1.807, 2.05) is 19.1 Å². The fraction of sp³-hybridized carbons (Fsp3) is 0.667. The maximum Gasteiger partial charge on any atom is 0.329 e. The standard InChI is InChI=1S/C12H19NO3/c1-4-13(12(2,3)11(15)16)10(14)9-7-5-6-8-9/h5-6,9H,4,7-8H2,1-3H3,(H,15,16). The van der Waals surface area contributed by atoms with Gasteiger partial charge >= 0.3 is 5.97 Å². The summed E-state index contributed by atoms with van der Waals surface area (Å²) in [6.07, 6.45) is 5.41. The average Bonchev–Trinajstić information content (AvgIpc) is 2.70. The van der Waals surface area contributed by atoms with E-state index in [1.54, 1.807) is 13.8 Å². The first kappa shape index (κ1) is 12.7. The number of carbonyl (C=O) groups excluding carboxylic acids is 1. The number of likely N-dealkylation sites (N-methyl/N-ethyl adjacent to an activating group) is 1. The first-order chi connectivity index (χ1) is 7.41. The number of carboxylic acid groups (broad SMARTS) is 1. The zero-order valence-electron chi connectivity index (χ0n) is 10.1. The Morgan fingerprint density at radius 2 is 1.88 bits per heavy atom. The van der Waals surface area contributed by atoms with E-state index in [2.05, 4.69) is 0 Å². The van der Waals surface area contributed by atoms with Crippen LogP contribution in [0.15, 0.2) is 12.2 Å². The molecule has 0 heterocycles. The molecule has 0 aromatic rings. The molecular weight excluding hydrogens is 206 g/mol. The molecule has 4 nitrogen and oxygen atoms in total. The van der Waals surface area contributed by atoms with E-state index in [-0.39, 0.29) is 11.8 Å². The summed E-state index contributed by atoms with van der Waals surface area (Å²) in [7, 11) is 0. The maximum atomic E-state index is 12.2. The summed E-state index contributed by atoms with van der Waals surface area (Å²) in [6.45, 7) is 5.37. The summed E-state index contributed by atoms with van der Waals surface area (Å²) in [5.41, 5.74) is -1.13. The number of hydrogen-bond acceptors (Lipinski definition) is 2. The van der Waals surface area contributed by atoms with E-state index in [1.165, 1.54) is 4.90 Å². The van der Waals surface area contributed by atoms with E-state index in [9.17, 15) is 9.59 Å². The third-order valence-corrected chi connectivity index (χ3v) is 3.14. The number of carbonyl (C=O) groups is 2. The summed E-state index contributed by atoms with van der Waals surface area (Å²) in [5, 5.41) is 9.12. The Morgan fingerprint density at radius 3 is 2.25 bits per heavy atom. The van der Waals surface area contributed by atoms with Crippen LogP contribution >= 0.6 is 0 Å². The van der Waals surface area contributed by atoms with Gasteiger partial charge in [0, 0.05) is 12.5 Å². The molecule has 1 rings (SSSR count). The molecule has 1 aliphatic rings. The molecule has 0 spiro atoms. The summed E-state index contributed by atoms with van der Waals surface area (Å²) in [5.74, 6) is -1.09. The third-order valence-electron chi connectivity index (χ3n) is 3.14. The van der Waals surface area contributed by atoms with Crippen molar-refractivity contribution in [1.29, 1.82) is 0 Å². The molecule has 16 heavy (non-hydrogen) atoms. The van der Waals surface area contributed by atoms with Crippen LogP contribution in [0.1, 0.15) is 33.6 Å². The molecular formula is C12H19NO3. The number of nitrogens with zero attached hydrogens (tertiary/aromatic N) is 1. The Balaban J connectivity index is 2.81. The molecule has 0 saturated carbocycles. The van der Waals surface area contributed by atoms with Crippen LogP contribution in [0.3, 0.4) is 0 Å². The molecule has 0 radical (unpaired) electrons. The first-order valence-electron chi connectivity index (χ1n) is 5.61. The predicted molar refractivity (Wildman–Crippen MR) is 61.0 cm³/mol. The van der Waals surface area contributed by atoms with Crippen LogP contribution in [0.5, 0.6) is 0 Å². The number of aliphatic carboxylic acids is 1. The SMILES string of the molecule is CCN(C(=O)C1CC=CC1)C(C)(C)C(=O)O. The maximum absolute atomic E-state index is 12.2. The van der Waals surface area contributed by atoms with Gasteiger partial charge in [0.2, 0.25) is 5.91 Å². The van der Waals surface area contributed by atoms with Crippen molar-refractivity contribution in [3.05, 3.63) is 12.2 Å². The van der Waals surface area contributed by atoms with Crippen molar-refractivity contribution in [1.82, 2.24) is 4.90 Å². The second-order valence-electron chi connectivity index (χ2n) is 4.59. The van der Waals surface area contributed by atoms with Gasteiger partial charge in [-0.05, 0) is 33.6 Å². The summed E-state index contributed by atoms with van der Waals surface area (Å²) in [6, 6.07) is 0. The van der Waals surface area contributed by atoms with Gasteiger partial charge in [0.05, 0.1) is 0 Å². The number of amides is 1. The van der Waals surface area contributed by atoms with Crippen molar-refractivity contribution in [3.63, 3.8) is 0 Å². The van der Waals surface area contributed by atoms with Crippen LogP contribution in [0.25, 0.3) is 0 Å². The van der Waals surface area contributed by atoms with Crippen molar-refractivity contribution in [3.8, 4) is 0 Å². The molecule has 0 unspecified atom stereocenters. The molecule has 0 saturated heterocycles. The van der Waals surface area contributed by atoms with Crippen LogP contribution < -0.4 is 0 Å². The molecule has 4 heteroatoms. The minimum Gasteiger partial charge on any atom is -0.480 e. The Labute approximate surface area is 95.9 Å². The third kappa shape index (κ3) is 2.26. The minimum atomic E-state index is -1.13. The summed E-state index contributed by atoms with van der Waals surface area (Å²) in [4.78, 5) is 24.7. The highest BCUT2D eigenvalue weighted by molar-refractivity contribution is 5.87. The normalized spacial score (nSPS) is 16.4. The van der Waals surface area contributed by atoms with Crippen LogP contribution in [0, 0.1) is 5.92 Å². The minimum absolute atomic E-state index is 0.0556. The van der Waals surface area contributed by atoms with Gasteiger partial charge < -0.3 is 10.0 Å². The lowest BCUT2D eigenvalue weighted by atomic mass is 9.98. The Morgan fingerprint density at radius 1 is 1.38 bits per heavy atom. The average molecular weight is 225 g/mol. The summed E-state index contributed by atoms with van der Waals surface area (Å²) < 4.78 is 0. The van der Waals surface area contributed by atoms with Gasteiger partial charge in [0.1, 0.15) is 5.54 Å². The van der Waals surface area contributed by atoms with Crippen LogP contribution in [-0.2, 0) is 9.59 Å². The van der Waals surface area contributed by atoms with E-state index in [4.69, 9.17) is 5.11 Å². The van der Waals surface area contributed by atoms with Crippen molar-refractivity contribution in [2.75, 3.05) is 6.54 Å². The molecule has 1 aliphatic carbocycles. The van der Waals surface area contributed by atoms with Crippen molar-refractivity contribution < 1.29 is 14.7 Å². The molecule has 0 bridgehead atoms. The van der Waals surface area contributed by atoms with Crippen molar-refractivity contribution in [2.45, 2.75) is 39.2 Å². The fourth-order valence-corrected chi connectivity index (χ4v) is 1.98. The topological polar surface area (TPSA) is 57.6 Å². The van der Waals surface area contributed by atoms with E-state index in [0.29, 0.717) is 6.54 Å². The lowest BCUT2D eigenvalue weighted by Gasteiger charge is -2.36. The Kier molecular flexibility index (Phi) is 3.73. The lowest BCUT2D eigenvalue weighted by molar-refractivity contribution is -0.158. The molecule has 0 fully saturated rings. The van der Waals surface area contributed by atoms with Gasteiger partial charge in [-0.1, -0.05) is 12.2 Å². The van der Waals surface area contributed by atoms with Gasteiger partial charge in [0.25, 0.3) is 0 Å². The van der Waals surface area contributed by atoms with Crippen molar-refractivity contribution in [2.24, 2.45) is 5.92 Å². The van der Waals surface area contributed by atoms with E-state index in [0.717, 1.165) is 12.8 Å². The first-order valence-corrected chi connectivity index (χ1v) is 5.61. The smallest absolute Gasteiger partial charge is 0.329 e. The monoisotopic (exact) mass is 225 g/mol. The van der Waals surface area contributed by atoms with Gasteiger partial charge in [-0.25, -0.2) is 4.79 Å². The molecule has 90 valence electrons. The number of hydrogen-bond donors (Lipinski definition) is 1. The van der Waals surface area contributed by atoms with Crippen LogP contribution in [0.2, 0.25) is 0 Å². The molecule has 0 aliphatic heterocycles. The highest BCUT2D eigenvalue weighted by atomic mass is 16.4. The highest BCUT2D eigenvalue weighted by Gasteiger charge is 2.39. The lowest BCUT2D eigenvalue weighted by Crippen LogP contribution is -2.54. The van der Waals surface area contributed by atoms with Gasteiger partial charge in [-0.2, -0.15) is 0 Å². The second-order valence-corrected chi connectivity index (χ2v) is 4.59. The molecule has 1 amide bonds. The predicted octanol–water partition coefficient (Wildman–Crippen LogP) is 1.66. The molecule has 0 aromatic heterocycles. The number of rotatable bonds is 4. The zero-order valence-corrected chi connectivity index (χ0v) is 10.1. The summed E-state index contributed by atoms with van der Waals surface area (Å²) >= 11 is 0. The molecule has 0 atom stereocenters. The van der Waals surface area contributed by atoms with Gasteiger partial charge in [0.15, 0.2) is 0 Å². The largest absolute Gasteiger partial charge is 0.480 e. The highest BCUT2D eigenvalue weighted by Crippen LogP contribution is 2.24. The molecule has 0 aromatic carbocycles. The quantitative estimate of drug-likeness (QED) is 0.740. The van der Waals surface area contributed by atoms with E-state index < -0.39 is 11.5 Å². The fourth-order valence-electron chi connectivity index (χ4n) is 1.98. The zero-order chi connectivity index (χ0) is 12.3. The van der Waals surface area contributed by atoms with Gasteiger partial charge in [-0.3, -0.25) is 4.79 Å². The second kappa shape index (κ2) is 4.68. The van der Waals surface area contributed by atoms with Crippen LogP contribution in [-0.4, -0.2) is 34.0 Å². The Hall–Kier alpha value is -1.32. The Bertz CT molecular complexity index is 312. The molecule has 1 N–H and O–H groups in total. The van der Waals surface area contributed by atoms with E-state index >= 15 is 0 Å². The number of carboxylic acids is 1. The van der Waals surface area contributed by atoms with Crippen molar-refractivity contribution >= 4 is 11.9 Å². The van der Waals surface area contributed by atoms with Gasteiger partial charge in [-0.15, -0.1) is 0 Å². The van der Waals surface area contributed by atoms with Crippen LogP contribution in [0.4, 0.5) is 0 Å².